The van der Waals surface area contributed by atoms with Crippen molar-refractivity contribution in [3.63, 3.8) is 0 Å². The molecule has 0 unspecified atom stereocenters. The molecular weight excluding hydrogens is 368 g/mol. The third kappa shape index (κ3) is 5.82. The summed E-state index contributed by atoms with van der Waals surface area (Å²) in [4.78, 5) is 12.7. The fourth-order valence-electron chi connectivity index (χ4n) is 2.07. The first-order valence-electron chi connectivity index (χ1n) is 6.86. The van der Waals surface area contributed by atoms with Gasteiger partial charge >= 0.3 is 0 Å². The Balaban J connectivity index is 0.00000242. The van der Waals surface area contributed by atoms with Gasteiger partial charge in [-0.05, 0) is 24.7 Å². The molecule has 2 rings (SSSR count). The minimum Gasteiger partial charge on any atom is -0.369 e. The molecule has 1 aliphatic rings. The van der Waals surface area contributed by atoms with Crippen LogP contribution in [0.25, 0.3) is 0 Å². The fourth-order valence-corrected chi connectivity index (χ4v) is 2.51. The Morgan fingerprint density at radius 3 is 2.55 bits per heavy atom. The van der Waals surface area contributed by atoms with Crippen LogP contribution in [0.15, 0.2) is 38.7 Å². The SMILES string of the molecule is CN1CCN(C(N)=NC(N)=NCc2cccc(Br)c2)CC1.Cl. The summed E-state index contributed by atoms with van der Waals surface area (Å²) >= 11 is 3.43. The van der Waals surface area contributed by atoms with E-state index in [0.717, 1.165) is 36.2 Å². The topological polar surface area (TPSA) is 83.2 Å². The molecule has 1 heterocycles. The predicted octanol–water partition coefficient (Wildman–Crippen LogP) is 1.25. The molecule has 0 bridgehead atoms. The molecule has 0 radical (unpaired) electrons. The van der Waals surface area contributed by atoms with E-state index in [2.05, 4.69) is 37.9 Å². The van der Waals surface area contributed by atoms with Gasteiger partial charge < -0.3 is 21.3 Å². The van der Waals surface area contributed by atoms with Gasteiger partial charge in [-0.2, -0.15) is 4.99 Å². The van der Waals surface area contributed by atoms with Gasteiger partial charge in [0.15, 0.2) is 5.96 Å². The van der Waals surface area contributed by atoms with Crippen molar-refractivity contribution in [2.45, 2.75) is 6.54 Å². The van der Waals surface area contributed by atoms with Crippen LogP contribution in [0.5, 0.6) is 0 Å². The number of nitrogens with zero attached hydrogens (tertiary/aromatic N) is 4. The first-order valence-corrected chi connectivity index (χ1v) is 7.66. The zero-order chi connectivity index (χ0) is 15.2. The lowest BCUT2D eigenvalue weighted by Gasteiger charge is -2.32. The zero-order valence-corrected chi connectivity index (χ0v) is 15.0. The van der Waals surface area contributed by atoms with Crippen LogP contribution >= 0.6 is 28.3 Å². The second-order valence-electron chi connectivity index (χ2n) is 5.06. The van der Waals surface area contributed by atoms with Gasteiger partial charge in [0, 0.05) is 30.7 Å². The highest BCUT2D eigenvalue weighted by Crippen LogP contribution is 2.12. The summed E-state index contributed by atoms with van der Waals surface area (Å²) in [5.74, 6) is 0.657. The molecule has 122 valence electrons. The van der Waals surface area contributed by atoms with Crippen LogP contribution in [0.3, 0.4) is 0 Å². The van der Waals surface area contributed by atoms with Crippen LogP contribution in [-0.4, -0.2) is 54.9 Å². The molecule has 0 aromatic heterocycles. The van der Waals surface area contributed by atoms with Crippen LogP contribution in [0, 0.1) is 0 Å². The molecule has 1 aliphatic heterocycles. The van der Waals surface area contributed by atoms with Crippen molar-refractivity contribution < 1.29 is 0 Å². The third-order valence-corrected chi connectivity index (χ3v) is 3.86. The van der Waals surface area contributed by atoms with Crippen molar-refractivity contribution >= 4 is 40.3 Å². The molecule has 6 nitrogen and oxygen atoms in total. The standard InChI is InChI=1S/C14H21BrN6.ClH/c1-20-5-7-21(8-6-20)14(17)19-13(16)18-10-11-3-2-4-12(15)9-11;/h2-4,9H,5-8,10H2,1H3,(H4,16,17,18,19);1H. The minimum absolute atomic E-state index is 0. The highest BCUT2D eigenvalue weighted by Gasteiger charge is 2.15. The number of hydrogen-bond donors (Lipinski definition) is 2. The van der Waals surface area contributed by atoms with Gasteiger partial charge in [-0.3, -0.25) is 0 Å². The Labute approximate surface area is 145 Å². The third-order valence-electron chi connectivity index (χ3n) is 3.37. The number of benzene rings is 1. The molecule has 1 aromatic rings. The van der Waals surface area contributed by atoms with E-state index in [1.54, 1.807) is 0 Å². The summed E-state index contributed by atoms with van der Waals surface area (Å²) in [7, 11) is 2.10. The molecule has 0 spiro atoms. The van der Waals surface area contributed by atoms with Crippen LogP contribution in [0.2, 0.25) is 0 Å². The van der Waals surface area contributed by atoms with E-state index in [4.69, 9.17) is 11.5 Å². The molecule has 0 amide bonds. The summed E-state index contributed by atoms with van der Waals surface area (Å²) < 4.78 is 1.02. The number of nitrogens with two attached hydrogens (primary N) is 2. The molecular formula is C14H22BrClN6. The van der Waals surface area contributed by atoms with E-state index in [-0.39, 0.29) is 18.4 Å². The average molecular weight is 390 g/mol. The number of aliphatic imine (C=N–C) groups is 2. The average Bonchev–Trinajstić information content (AvgIpc) is 2.46. The highest BCUT2D eigenvalue weighted by molar-refractivity contribution is 9.10. The van der Waals surface area contributed by atoms with Crippen molar-refractivity contribution in [2.75, 3.05) is 33.2 Å². The van der Waals surface area contributed by atoms with Gasteiger partial charge in [-0.25, -0.2) is 4.99 Å². The lowest BCUT2D eigenvalue weighted by molar-refractivity contribution is 0.214. The number of likely N-dealkylation sites (N-methyl/N-ethyl adjacent to an activating group) is 1. The Morgan fingerprint density at radius 1 is 1.23 bits per heavy atom. The molecule has 1 aromatic carbocycles. The van der Waals surface area contributed by atoms with E-state index >= 15 is 0 Å². The number of hydrogen-bond acceptors (Lipinski definition) is 2. The summed E-state index contributed by atoms with van der Waals surface area (Å²) in [6, 6.07) is 7.94. The molecule has 0 atom stereocenters. The van der Waals surface area contributed by atoms with E-state index in [9.17, 15) is 0 Å². The molecule has 22 heavy (non-hydrogen) atoms. The van der Waals surface area contributed by atoms with Crippen molar-refractivity contribution in [1.82, 2.24) is 9.80 Å². The van der Waals surface area contributed by atoms with Gasteiger partial charge in [0.05, 0.1) is 6.54 Å². The van der Waals surface area contributed by atoms with Crippen LogP contribution in [-0.2, 0) is 6.54 Å². The monoisotopic (exact) mass is 388 g/mol. The Morgan fingerprint density at radius 2 is 1.91 bits per heavy atom. The normalized spacial score (nSPS) is 17.3. The van der Waals surface area contributed by atoms with Gasteiger partial charge in [0.2, 0.25) is 5.96 Å². The summed E-state index contributed by atoms with van der Waals surface area (Å²) in [6.07, 6.45) is 0. The quantitative estimate of drug-likeness (QED) is 0.589. The van der Waals surface area contributed by atoms with Crippen LogP contribution in [0.4, 0.5) is 0 Å². The zero-order valence-electron chi connectivity index (χ0n) is 12.6. The lowest BCUT2D eigenvalue weighted by Crippen LogP contribution is -2.50. The van der Waals surface area contributed by atoms with Crippen molar-refractivity contribution in [3.8, 4) is 0 Å². The van der Waals surface area contributed by atoms with Crippen LogP contribution < -0.4 is 11.5 Å². The predicted molar refractivity (Wildman–Crippen MR) is 97.4 cm³/mol. The van der Waals surface area contributed by atoms with E-state index in [1.165, 1.54) is 0 Å². The number of piperazine rings is 1. The van der Waals surface area contributed by atoms with Crippen LogP contribution in [0.1, 0.15) is 5.56 Å². The molecule has 0 aliphatic carbocycles. The van der Waals surface area contributed by atoms with E-state index in [1.807, 2.05) is 29.2 Å². The molecule has 4 N–H and O–H groups in total. The molecule has 8 heteroatoms. The first kappa shape index (κ1) is 18.7. The number of guanidine groups is 2. The number of halogens is 2. The smallest absolute Gasteiger partial charge is 0.218 e. The second-order valence-corrected chi connectivity index (χ2v) is 5.98. The minimum atomic E-state index is 0. The largest absolute Gasteiger partial charge is 0.369 e. The second kappa shape index (κ2) is 8.97. The Kier molecular flexibility index (Phi) is 7.64. The maximum Gasteiger partial charge on any atom is 0.218 e. The Bertz CT molecular complexity index is 540. The van der Waals surface area contributed by atoms with Gasteiger partial charge in [0.1, 0.15) is 0 Å². The number of rotatable bonds is 2. The van der Waals surface area contributed by atoms with Crippen molar-refractivity contribution in [1.29, 1.82) is 0 Å². The molecule has 1 fully saturated rings. The first-order chi connectivity index (χ1) is 10.0. The molecule has 1 saturated heterocycles. The highest BCUT2D eigenvalue weighted by atomic mass is 79.9. The fraction of sp³-hybridized carbons (Fsp3) is 0.429. The summed E-state index contributed by atoms with van der Waals surface area (Å²) in [6.45, 7) is 4.18. The molecule has 0 saturated carbocycles. The maximum absolute atomic E-state index is 5.98. The van der Waals surface area contributed by atoms with Crippen molar-refractivity contribution in [2.24, 2.45) is 21.5 Å². The summed E-state index contributed by atoms with van der Waals surface area (Å²) in [5, 5.41) is 0. The van der Waals surface area contributed by atoms with Gasteiger partial charge in [0.25, 0.3) is 0 Å². The lowest BCUT2D eigenvalue weighted by atomic mass is 10.2. The van der Waals surface area contributed by atoms with Crippen molar-refractivity contribution in [3.05, 3.63) is 34.3 Å². The Hall–Kier alpha value is -1.31. The van der Waals surface area contributed by atoms with Gasteiger partial charge in [-0.1, -0.05) is 28.1 Å². The van der Waals surface area contributed by atoms with Gasteiger partial charge in [-0.15, -0.1) is 12.4 Å². The maximum atomic E-state index is 5.98. The summed E-state index contributed by atoms with van der Waals surface area (Å²) in [5.41, 5.74) is 12.9. The van der Waals surface area contributed by atoms with E-state index < -0.39 is 0 Å². The van der Waals surface area contributed by atoms with E-state index in [0.29, 0.717) is 12.5 Å².